The van der Waals surface area contributed by atoms with Gasteiger partial charge in [0.1, 0.15) is 55.4 Å². The number of rotatable bonds is 45. The van der Waals surface area contributed by atoms with Gasteiger partial charge in [-0.15, -0.1) is 0 Å². The van der Waals surface area contributed by atoms with Crippen LogP contribution in [-0.4, -0.2) is 142 Å². The van der Waals surface area contributed by atoms with E-state index in [-0.39, 0.29) is 26.1 Å². The van der Waals surface area contributed by atoms with Crippen LogP contribution in [0.25, 0.3) is 0 Å². The van der Waals surface area contributed by atoms with Gasteiger partial charge in [-0.1, -0.05) is 199 Å². The minimum Gasteiger partial charge on any atom is -0.462 e. The van der Waals surface area contributed by atoms with E-state index in [0.29, 0.717) is 12.8 Å². The first-order valence-corrected chi connectivity index (χ1v) is 28.3. The van der Waals surface area contributed by atoms with Crippen molar-refractivity contribution >= 4 is 11.9 Å². The van der Waals surface area contributed by atoms with Crippen LogP contribution in [0.3, 0.4) is 0 Å². The fourth-order valence-electron chi connectivity index (χ4n) is 9.08. The standard InChI is InChI=1S/C55H102O15/c1-3-5-7-9-11-13-15-16-17-18-19-20-21-22-23-24-25-26-28-29-31-33-35-37-46(57)65-40-43(68-47(58)38-36-34-32-30-27-14-12-10-8-6-4-2)41-66-54-53(64)51(62)49(60)45(70-54)42-67-55-52(63)50(61)48(59)44(39-56)69-55/h10,12,43-45,48-56,59-64H,3-9,11,13-42H2,1-2H3/b12-10+/t43-,44+,45+,48-,49-,50?,51?,52?,53?,54+,55+/m0/s1. The summed E-state index contributed by atoms with van der Waals surface area (Å²) in [6.45, 7) is 2.58. The number of aliphatic hydroxyl groups excluding tert-OH is 7. The molecule has 11 atom stereocenters. The number of hydrogen-bond acceptors (Lipinski definition) is 15. The summed E-state index contributed by atoms with van der Waals surface area (Å²) in [7, 11) is 0. The molecule has 70 heavy (non-hydrogen) atoms. The van der Waals surface area contributed by atoms with Crippen molar-refractivity contribution in [1.82, 2.24) is 0 Å². The summed E-state index contributed by atoms with van der Waals surface area (Å²) in [5.41, 5.74) is 0. The van der Waals surface area contributed by atoms with Gasteiger partial charge in [0.25, 0.3) is 0 Å². The van der Waals surface area contributed by atoms with Crippen LogP contribution in [0.2, 0.25) is 0 Å². The Bertz CT molecular complexity index is 1270. The summed E-state index contributed by atoms with van der Waals surface area (Å²) in [4.78, 5) is 25.8. The molecular formula is C55H102O15. The normalized spacial score (nSPS) is 25.4. The van der Waals surface area contributed by atoms with Crippen molar-refractivity contribution in [2.75, 3.05) is 26.4 Å². The van der Waals surface area contributed by atoms with Crippen LogP contribution >= 0.6 is 0 Å². The number of carbonyl (C=O) groups excluding carboxylic acids is 2. The average molecular weight is 1000 g/mol. The van der Waals surface area contributed by atoms with Gasteiger partial charge >= 0.3 is 11.9 Å². The summed E-state index contributed by atoms with van der Waals surface area (Å²) >= 11 is 0. The van der Waals surface area contributed by atoms with Crippen molar-refractivity contribution in [2.24, 2.45) is 0 Å². The Balaban J connectivity index is 1.70. The third-order valence-corrected chi connectivity index (χ3v) is 13.7. The van der Waals surface area contributed by atoms with Gasteiger partial charge in [0.05, 0.1) is 19.8 Å². The van der Waals surface area contributed by atoms with E-state index in [9.17, 15) is 45.3 Å². The van der Waals surface area contributed by atoms with Crippen molar-refractivity contribution in [3.8, 4) is 0 Å². The minimum absolute atomic E-state index is 0.158. The molecule has 0 spiro atoms. The van der Waals surface area contributed by atoms with Gasteiger partial charge < -0.3 is 64.2 Å². The highest BCUT2D eigenvalue weighted by Crippen LogP contribution is 2.27. The van der Waals surface area contributed by atoms with Crippen molar-refractivity contribution < 1.29 is 73.8 Å². The van der Waals surface area contributed by atoms with E-state index < -0.39 is 92.7 Å². The van der Waals surface area contributed by atoms with Crippen LogP contribution in [0.5, 0.6) is 0 Å². The van der Waals surface area contributed by atoms with E-state index in [2.05, 4.69) is 26.0 Å². The maximum absolute atomic E-state index is 13.0. The number of allylic oxidation sites excluding steroid dienone is 2. The van der Waals surface area contributed by atoms with E-state index in [1.54, 1.807) is 0 Å². The summed E-state index contributed by atoms with van der Waals surface area (Å²) < 4.78 is 33.6. The molecule has 0 aliphatic carbocycles. The number of carbonyl (C=O) groups is 2. The molecule has 7 N–H and O–H groups in total. The second kappa shape index (κ2) is 42.6. The molecule has 0 aromatic rings. The molecular weight excluding hydrogens is 901 g/mol. The van der Waals surface area contributed by atoms with Gasteiger partial charge in [-0.05, 0) is 32.1 Å². The molecule has 0 saturated carbocycles. The Hall–Kier alpha value is -1.76. The van der Waals surface area contributed by atoms with Crippen molar-refractivity contribution in [1.29, 1.82) is 0 Å². The molecule has 0 aromatic heterocycles. The van der Waals surface area contributed by atoms with Gasteiger partial charge in [-0.25, -0.2) is 0 Å². The molecule has 2 saturated heterocycles. The molecule has 0 aromatic carbocycles. The summed E-state index contributed by atoms with van der Waals surface area (Å²) in [6.07, 6.45) is 26.9. The average Bonchev–Trinajstić information content (AvgIpc) is 3.35. The van der Waals surface area contributed by atoms with Crippen LogP contribution in [0.1, 0.15) is 232 Å². The quantitative estimate of drug-likeness (QED) is 0.0172. The maximum Gasteiger partial charge on any atom is 0.306 e. The predicted molar refractivity (Wildman–Crippen MR) is 271 cm³/mol. The van der Waals surface area contributed by atoms with Crippen molar-refractivity contribution in [3.05, 3.63) is 12.2 Å². The lowest BCUT2D eigenvalue weighted by Crippen LogP contribution is -2.61. The largest absolute Gasteiger partial charge is 0.462 e. The number of hydrogen-bond donors (Lipinski definition) is 7. The molecule has 2 fully saturated rings. The molecule has 2 aliphatic rings. The smallest absolute Gasteiger partial charge is 0.306 e. The fourth-order valence-corrected chi connectivity index (χ4v) is 9.08. The highest BCUT2D eigenvalue weighted by molar-refractivity contribution is 5.70. The molecule has 2 rings (SSSR count). The first-order valence-electron chi connectivity index (χ1n) is 28.3. The van der Waals surface area contributed by atoms with E-state index >= 15 is 0 Å². The van der Waals surface area contributed by atoms with Gasteiger partial charge in [0, 0.05) is 12.8 Å². The molecule has 2 heterocycles. The van der Waals surface area contributed by atoms with Gasteiger partial charge in [0.15, 0.2) is 18.7 Å². The second-order valence-electron chi connectivity index (χ2n) is 20.1. The lowest BCUT2D eigenvalue weighted by atomic mass is 9.98. The SMILES string of the molecule is CCCC/C=C/CCCCCCCC(=O)O[C@@H](COC(=O)CCCCCCCCCCCCCCCCCCCCCCCCC)CO[C@@H]1O[C@H](CO[C@@H]2O[C@H](CO)[C@H](O)C(O)C2O)[C@H](O)C(O)C1O. The van der Waals surface area contributed by atoms with Crippen LogP contribution in [0.15, 0.2) is 12.2 Å². The van der Waals surface area contributed by atoms with Gasteiger partial charge in [-0.2, -0.15) is 0 Å². The molecule has 0 amide bonds. The molecule has 4 unspecified atom stereocenters. The van der Waals surface area contributed by atoms with E-state index in [4.69, 9.17) is 28.4 Å². The zero-order valence-electron chi connectivity index (χ0n) is 43.8. The van der Waals surface area contributed by atoms with E-state index in [1.165, 1.54) is 135 Å². The lowest BCUT2D eigenvalue weighted by Gasteiger charge is -2.42. The summed E-state index contributed by atoms with van der Waals surface area (Å²) in [6, 6.07) is 0. The third-order valence-electron chi connectivity index (χ3n) is 13.7. The molecule has 15 heteroatoms. The highest BCUT2D eigenvalue weighted by Gasteiger charge is 2.47. The Kier molecular flexibility index (Phi) is 39.1. The van der Waals surface area contributed by atoms with Crippen molar-refractivity contribution in [2.45, 2.75) is 300 Å². The first kappa shape index (κ1) is 64.4. The van der Waals surface area contributed by atoms with Crippen LogP contribution < -0.4 is 0 Å². The second-order valence-corrected chi connectivity index (χ2v) is 20.1. The first-order chi connectivity index (χ1) is 34.0. The number of esters is 2. The highest BCUT2D eigenvalue weighted by atomic mass is 16.7. The van der Waals surface area contributed by atoms with Crippen LogP contribution in [0, 0.1) is 0 Å². The van der Waals surface area contributed by atoms with Gasteiger partial charge in [-0.3, -0.25) is 9.59 Å². The third kappa shape index (κ3) is 29.8. The molecule has 0 bridgehead atoms. The Morgan fingerprint density at radius 1 is 0.443 bits per heavy atom. The number of aliphatic hydroxyl groups is 7. The summed E-state index contributed by atoms with van der Waals surface area (Å²) in [5.74, 6) is -0.924. The Labute approximate surface area is 422 Å². The minimum atomic E-state index is -1.76. The van der Waals surface area contributed by atoms with E-state index in [0.717, 1.165) is 57.8 Å². The van der Waals surface area contributed by atoms with Crippen LogP contribution in [0.4, 0.5) is 0 Å². The lowest BCUT2D eigenvalue weighted by molar-refractivity contribution is -0.332. The molecule has 0 radical (unpaired) electrons. The summed E-state index contributed by atoms with van der Waals surface area (Å²) in [5, 5.41) is 72.1. The van der Waals surface area contributed by atoms with Gasteiger partial charge in [0.2, 0.25) is 0 Å². The molecule has 2 aliphatic heterocycles. The molecule has 15 nitrogen and oxygen atoms in total. The number of ether oxygens (including phenoxy) is 6. The molecule has 412 valence electrons. The fraction of sp³-hybridized carbons (Fsp3) is 0.927. The monoisotopic (exact) mass is 1000 g/mol. The van der Waals surface area contributed by atoms with Crippen molar-refractivity contribution in [3.63, 3.8) is 0 Å². The zero-order valence-corrected chi connectivity index (χ0v) is 43.8. The van der Waals surface area contributed by atoms with Crippen LogP contribution in [-0.2, 0) is 38.0 Å². The topological polar surface area (TPSA) is 231 Å². The van der Waals surface area contributed by atoms with E-state index in [1.807, 2.05) is 0 Å². The zero-order chi connectivity index (χ0) is 51.0. The Morgan fingerprint density at radius 3 is 1.30 bits per heavy atom. The number of unbranched alkanes of at least 4 members (excludes halogenated alkanes) is 29. The maximum atomic E-state index is 13.0. The Morgan fingerprint density at radius 2 is 0.829 bits per heavy atom. The predicted octanol–water partition coefficient (Wildman–Crippen LogP) is 8.94.